The molecule has 0 unspecified atom stereocenters. The van der Waals surface area contributed by atoms with Crippen molar-refractivity contribution >= 4 is 29.1 Å². The first-order chi connectivity index (χ1) is 11.1. The van der Waals surface area contributed by atoms with Gasteiger partial charge in [-0.25, -0.2) is 0 Å². The van der Waals surface area contributed by atoms with Crippen molar-refractivity contribution < 1.29 is 4.79 Å². The van der Waals surface area contributed by atoms with Crippen LogP contribution in [0.25, 0.3) is 10.8 Å². The molecule has 0 saturated carbocycles. The van der Waals surface area contributed by atoms with Crippen LogP contribution in [-0.2, 0) is 6.54 Å². The number of benzene rings is 3. The maximum Gasteiger partial charge on any atom is 0.251 e. The van der Waals surface area contributed by atoms with Crippen molar-refractivity contribution in [1.29, 1.82) is 0 Å². The molecule has 124 valence electrons. The lowest BCUT2D eigenvalue weighted by Crippen LogP contribution is -2.22. The number of nitrogens with two attached hydrogens (primary N) is 1. The van der Waals surface area contributed by atoms with Gasteiger partial charge in [0.1, 0.15) is 0 Å². The average molecular weight is 341 g/mol. The summed E-state index contributed by atoms with van der Waals surface area (Å²) in [5, 5.41) is 5.16. The van der Waals surface area contributed by atoms with Gasteiger partial charge in [-0.1, -0.05) is 54.6 Å². The van der Waals surface area contributed by atoms with Gasteiger partial charge in [0.25, 0.3) is 5.91 Å². The summed E-state index contributed by atoms with van der Waals surface area (Å²) in [5.74, 6) is -0.0629. The summed E-state index contributed by atoms with van der Waals surface area (Å²) in [6.45, 7) is 2.46. The fourth-order valence-corrected chi connectivity index (χ4v) is 2.55. The van der Waals surface area contributed by atoms with Gasteiger partial charge in [0.2, 0.25) is 0 Å². The minimum Gasteiger partial charge on any atom is -0.348 e. The van der Waals surface area contributed by atoms with Gasteiger partial charge in [0, 0.05) is 18.2 Å². The minimum atomic E-state index is -0.0629. The van der Waals surface area contributed by atoms with Crippen molar-refractivity contribution in [2.45, 2.75) is 19.5 Å². The van der Waals surface area contributed by atoms with Crippen LogP contribution in [0.1, 0.15) is 34.5 Å². The molecule has 3 rings (SSSR count). The molecule has 4 heteroatoms. The zero-order valence-corrected chi connectivity index (χ0v) is 14.3. The highest BCUT2D eigenvalue weighted by molar-refractivity contribution is 5.98. The van der Waals surface area contributed by atoms with E-state index in [-0.39, 0.29) is 24.4 Å². The molecule has 0 aliphatic rings. The lowest BCUT2D eigenvalue weighted by Gasteiger charge is -2.09. The van der Waals surface area contributed by atoms with E-state index in [0.29, 0.717) is 12.1 Å². The monoisotopic (exact) mass is 340 g/mol. The maximum atomic E-state index is 12.3. The summed E-state index contributed by atoms with van der Waals surface area (Å²) >= 11 is 0. The van der Waals surface area contributed by atoms with Gasteiger partial charge in [0.15, 0.2) is 0 Å². The smallest absolute Gasteiger partial charge is 0.251 e. The highest BCUT2D eigenvalue weighted by atomic mass is 35.5. The second-order valence-electron chi connectivity index (χ2n) is 5.77. The zero-order chi connectivity index (χ0) is 16.2. The summed E-state index contributed by atoms with van der Waals surface area (Å²) < 4.78 is 0. The molecule has 0 fully saturated rings. The lowest BCUT2D eigenvalue weighted by molar-refractivity contribution is 0.0951. The summed E-state index contributed by atoms with van der Waals surface area (Å²) in [4.78, 5) is 12.3. The third-order valence-electron chi connectivity index (χ3n) is 3.97. The Balaban J connectivity index is 0.00000208. The molecule has 0 heterocycles. The van der Waals surface area contributed by atoms with Gasteiger partial charge in [-0.15, -0.1) is 12.4 Å². The average Bonchev–Trinajstić information content (AvgIpc) is 2.59. The van der Waals surface area contributed by atoms with Crippen molar-refractivity contribution in [3.05, 3.63) is 83.4 Å². The molecular formula is C20H21ClN2O. The van der Waals surface area contributed by atoms with E-state index in [1.807, 2.05) is 73.7 Å². The number of hydrogen-bond acceptors (Lipinski definition) is 2. The van der Waals surface area contributed by atoms with Crippen LogP contribution in [0.15, 0.2) is 66.7 Å². The van der Waals surface area contributed by atoms with E-state index in [4.69, 9.17) is 5.73 Å². The third kappa shape index (κ3) is 4.13. The Labute approximate surface area is 148 Å². The number of halogens is 1. The molecule has 1 amide bonds. The topological polar surface area (TPSA) is 55.1 Å². The van der Waals surface area contributed by atoms with Crippen molar-refractivity contribution in [1.82, 2.24) is 5.32 Å². The molecule has 0 radical (unpaired) electrons. The number of amides is 1. The number of carbonyl (C=O) groups is 1. The van der Waals surface area contributed by atoms with Gasteiger partial charge in [-0.2, -0.15) is 0 Å². The molecule has 1 atom stereocenters. The standard InChI is InChI=1S/C20H20N2O.ClH/c1-14(21)16-8-6-15(7-9-16)13-22-20(23)19-11-10-17-4-2-3-5-18(17)12-19;/h2-12,14H,13,21H2,1H3,(H,22,23);1H/t14-;/m0./s1. The fourth-order valence-electron chi connectivity index (χ4n) is 2.55. The van der Waals surface area contributed by atoms with Crippen LogP contribution >= 0.6 is 12.4 Å². The molecule has 0 bridgehead atoms. The van der Waals surface area contributed by atoms with E-state index >= 15 is 0 Å². The molecule has 3 N–H and O–H groups in total. The van der Waals surface area contributed by atoms with E-state index in [2.05, 4.69) is 5.32 Å². The van der Waals surface area contributed by atoms with Crippen molar-refractivity contribution in [3.8, 4) is 0 Å². The highest BCUT2D eigenvalue weighted by Crippen LogP contribution is 2.16. The molecule has 0 spiro atoms. The molecular weight excluding hydrogens is 320 g/mol. The molecule has 3 nitrogen and oxygen atoms in total. The third-order valence-corrected chi connectivity index (χ3v) is 3.97. The Hall–Kier alpha value is -2.36. The lowest BCUT2D eigenvalue weighted by atomic mass is 10.1. The highest BCUT2D eigenvalue weighted by Gasteiger charge is 2.06. The molecule has 3 aromatic carbocycles. The Morgan fingerprint density at radius 1 is 1.00 bits per heavy atom. The molecule has 0 aliphatic carbocycles. The minimum absolute atomic E-state index is 0. The van der Waals surface area contributed by atoms with E-state index < -0.39 is 0 Å². The quantitative estimate of drug-likeness (QED) is 0.747. The maximum absolute atomic E-state index is 12.3. The van der Waals surface area contributed by atoms with Gasteiger partial charge in [-0.05, 0) is 41.0 Å². The fraction of sp³-hybridized carbons (Fsp3) is 0.150. The van der Waals surface area contributed by atoms with Crippen molar-refractivity contribution in [3.63, 3.8) is 0 Å². The Morgan fingerprint density at radius 3 is 2.33 bits per heavy atom. The van der Waals surface area contributed by atoms with Crippen LogP contribution in [0, 0.1) is 0 Å². The molecule has 0 aromatic heterocycles. The Bertz CT molecular complexity index is 828. The predicted molar refractivity (Wildman–Crippen MR) is 101 cm³/mol. The van der Waals surface area contributed by atoms with Crippen molar-refractivity contribution in [2.24, 2.45) is 5.73 Å². The van der Waals surface area contributed by atoms with Gasteiger partial charge >= 0.3 is 0 Å². The zero-order valence-electron chi connectivity index (χ0n) is 13.5. The second kappa shape index (κ2) is 7.95. The van der Waals surface area contributed by atoms with Crippen LogP contribution < -0.4 is 11.1 Å². The normalized spacial score (nSPS) is 11.6. The van der Waals surface area contributed by atoms with Crippen LogP contribution in [-0.4, -0.2) is 5.91 Å². The van der Waals surface area contributed by atoms with Gasteiger partial charge < -0.3 is 11.1 Å². The molecule has 24 heavy (non-hydrogen) atoms. The van der Waals surface area contributed by atoms with Crippen molar-refractivity contribution in [2.75, 3.05) is 0 Å². The van der Waals surface area contributed by atoms with E-state index in [0.717, 1.165) is 21.9 Å². The van der Waals surface area contributed by atoms with Crippen LogP contribution in [0.4, 0.5) is 0 Å². The van der Waals surface area contributed by atoms with Gasteiger partial charge in [0.05, 0.1) is 0 Å². The number of carbonyl (C=O) groups excluding carboxylic acids is 1. The summed E-state index contributed by atoms with van der Waals surface area (Å²) in [7, 11) is 0. The summed E-state index contributed by atoms with van der Waals surface area (Å²) in [6.07, 6.45) is 0. The number of nitrogens with one attached hydrogen (secondary N) is 1. The largest absolute Gasteiger partial charge is 0.348 e. The van der Waals surface area contributed by atoms with E-state index in [1.54, 1.807) is 0 Å². The second-order valence-corrected chi connectivity index (χ2v) is 5.77. The van der Waals surface area contributed by atoms with Crippen LogP contribution in [0.2, 0.25) is 0 Å². The first-order valence-corrected chi connectivity index (χ1v) is 7.75. The molecule has 0 aliphatic heterocycles. The SMILES string of the molecule is C[C@H](N)c1ccc(CNC(=O)c2ccc3ccccc3c2)cc1.Cl. The number of rotatable bonds is 4. The Morgan fingerprint density at radius 2 is 1.67 bits per heavy atom. The first kappa shape index (κ1) is 18.0. The predicted octanol–water partition coefficient (Wildman–Crippen LogP) is 4.21. The van der Waals surface area contributed by atoms with E-state index in [9.17, 15) is 4.79 Å². The number of hydrogen-bond donors (Lipinski definition) is 2. The molecule has 3 aromatic rings. The Kier molecular flexibility index (Phi) is 5.96. The summed E-state index contributed by atoms with van der Waals surface area (Å²) in [5.41, 5.74) is 8.67. The van der Waals surface area contributed by atoms with Crippen LogP contribution in [0.5, 0.6) is 0 Å². The number of fused-ring (bicyclic) bond motifs is 1. The van der Waals surface area contributed by atoms with E-state index in [1.165, 1.54) is 0 Å². The molecule has 0 saturated heterocycles. The first-order valence-electron chi connectivity index (χ1n) is 7.75. The summed E-state index contributed by atoms with van der Waals surface area (Å²) in [6, 6.07) is 21.8. The van der Waals surface area contributed by atoms with Crippen LogP contribution in [0.3, 0.4) is 0 Å². The van der Waals surface area contributed by atoms with Gasteiger partial charge in [-0.3, -0.25) is 4.79 Å².